The number of nitro groups is 1. The third kappa shape index (κ3) is 4.00. The van der Waals surface area contributed by atoms with Crippen LogP contribution in [0, 0.1) is 10.1 Å². The number of hydrogen-bond donors (Lipinski definition) is 3. The minimum absolute atomic E-state index is 0.0823. The molecule has 0 aliphatic rings. The van der Waals surface area contributed by atoms with Gasteiger partial charge in [0.1, 0.15) is 5.75 Å². The number of hydrogen-bond acceptors (Lipinski definition) is 5. The van der Waals surface area contributed by atoms with Gasteiger partial charge in [-0.1, -0.05) is 0 Å². The molecule has 0 spiro atoms. The van der Waals surface area contributed by atoms with Crippen LogP contribution in [0.5, 0.6) is 5.75 Å². The largest absolute Gasteiger partial charge is 0.507 e. The van der Waals surface area contributed by atoms with Gasteiger partial charge in [0.2, 0.25) is 0 Å². The number of nitrogens with one attached hydrogen (secondary N) is 1. The first-order chi connectivity index (χ1) is 10.5. The van der Waals surface area contributed by atoms with E-state index in [1.54, 1.807) is 24.3 Å². The van der Waals surface area contributed by atoms with Gasteiger partial charge in [-0.2, -0.15) is 0 Å². The number of nitro benzene ring substituents is 1. The molecule has 0 aromatic heterocycles. The lowest BCUT2D eigenvalue weighted by atomic mass is 10.2. The Kier molecular flexibility index (Phi) is 4.64. The second kappa shape index (κ2) is 6.64. The van der Waals surface area contributed by atoms with E-state index in [1.165, 1.54) is 24.4 Å². The maximum atomic E-state index is 10.7. The number of anilines is 1. The Morgan fingerprint density at radius 1 is 1.32 bits per heavy atom. The summed E-state index contributed by atoms with van der Waals surface area (Å²) in [6, 6.07) is 10.6. The Labute approximate surface area is 131 Å². The quantitative estimate of drug-likeness (QED) is 0.346. The maximum Gasteiger partial charge on any atom is 0.270 e. The van der Waals surface area contributed by atoms with E-state index in [0.29, 0.717) is 5.69 Å². The van der Waals surface area contributed by atoms with E-state index in [9.17, 15) is 15.2 Å². The molecule has 2 rings (SSSR count). The van der Waals surface area contributed by atoms with Crippen molar-refractivity contribution >= 4 is 40.6 Å². The summed E-state index contributed by atoms with van der Waals surface area (Å²) in [5.41, 5.74) is 6.85. The van der Waals surface area contributed by atoms with E-state index in [4.69, 9.17) is 18.0 Å². The van der Waals surface area contributed by atoms with Gasteiger partial charge in [-0.05, 0) is 42.5 Å². The van der Waals surface area contributed by atoms with Gasteiger partial charge < -0.3 is 16.2 Å². The summed E-state index contributed by atoms with van der Waals surface area (Å²) in [5, 5.41) is 23.3. The van der Waals surface area contributed by atoms with Crippen LogP contribution in [0.2, 0.25) is 0 Å². The first-order valence-electron chi connectivity index (χ1n) is 6.14. The summed E-state index contributed by atoms with van der Waals surface area (Å²) in [5.74, 6) is -0.0823. The molecule has 0 unspecified atom stereocenters. The monoisotopic (exact) mass is 316 g/mol. The number of phenolic OH excluding ortho intramolecular Hbond substituents is 1. The molecule has 0 atom stereocenters. The molecule has 22 heavy (non-hydrogen) atoms. The van der Waals surface area contributed by atoms with E-state index in [0.717, 1.165) is 5.69 Å². The van der Waals surface area contributed by atoms with E-state index in [1.807, 2.05) is 0 Å². The van der Waals surface area contributed by atoms with Crippen molar-refractivity contribution in [2.45, 2.75) is 0 Å². The molecular weight excluding hydrogens is 304 g/mol. The minimum Gasteiger partial charge on any atom is -0.507 e. The fraction of sp³-hybridized carbons (Fsp3) is 0. The zero-order chi connectivity index (χ0) is 16.1. The minimum atomic E-state index is -0.535. The van der Waals surface area contributed by atoms with Gasteiger partial charge in [0.15, 0.2) is 5.11 Å². The predicted octanol–water partition coefficient (Wildman–Crippen LogP) is 2.71. The molecule has 8 heteroatoms. The molecule has 4 N–H and O–H groups in total. The highest BCUT2D eigenvalue weighted by atomic mass is 32.1. The molecule has 0 fully saturated rings. The van der Waals surface area contributed by atoms with Crippen LogP contribution in [-0.4, -0.2) is 21.4 Å². The summed E-state index contributed by atoms with van der Waals surface area (Å²) < 4.78 is 0. The standard InChI is InChI=1S/C14H12N4O3S/c15-14(22)17-11-3-1-10(2-4-11)16-8-9-7-12(18(20)21)5-6-13(9)19/h1-8,19H,(H3,15,17,22). The summed E-state index contributed by atoms with van der Waals surface area (Å²) in [6.07, 6.45) is 1.36. The molecule has 0 saturated heterocycles. The molecule has 0 aliphatic carbocycles. The zero-order valence-corrected chi connectivity index (χ0v) is 12.1. The van der Waals surface area contributed by atoms with Crippen molar-refractivity contribution in [3.63, 3.8) is 0 Å². The molecule has 2 aromatic carbocycles. The molecule has 0 heterocycles. The lowest BCUT2D eigenvalue weighted by molar-refractivity contribution is -0.384. The molecular formula is C14H12N4O3S. The first kappa shape index (κ1) is 15.4. The Morgan fingerprint density at radius 2 is 2.00 bits per heavy atom. The van der Waals surface area contributed by atoms with Gasteiger partial charge in [0, 0.05) is 29.6 Å². The van der Waals surface area contributed by atoms with Crippen molar-refractivity contribution in [2.75, 3.05) is 5.32 Å². The van der Waals surface area contributed by atoms with Crippen molar-refractivity contribution in [1.82, 2.24) is 0 Å². The van der Waals surface area contributed by atoms with Crippen LogP contribution in [0.15, 0.2) is 47.5 Å². The number of nitrogens with zero attached hydrogens (tertiary/aromatic N) is 2. The second-order valence-electron chi connectivity index (χ2n) is 4.29. The lowest BCUT2D eigenvalue weighted by Crippen LogP contribution is -2.18. The van der Waals surface area contributed by atoms with Crippen LogP contribution < -0.4 is 11.1 Å². The molecule has 0 aliphatic heterocycles. The Bertz CT molecular complexity index is 744. The number of aliphatic imine (C=N–C) groups is 1. The van der Waals surface area contributed by atoms with Crippen molar-refractivity contribution in [3.05, 3.63) is 58.1 Å². The van der Waals surface area contributed by atoms with Crippen LogP contribution in [0.1, 0.15) is 5.56 Å². The molecule has 7 nitrogen and oxygen atoms in total. The first-order valence-corrected chi connectivity index (χ1v) is 6.54. The van der Waals surface area contributed by atoms with Crippen molar-refractivity contribution < 1.29 is 10.0 Å². The Hall–Kier alpha value is -3.00. The van der Waals surface area contributed by atoms with Crippen LogP contribution >= 0.6 is 12.2 Å². The van der Waals surface area contributed by atoms with Gasteiger partial charge in [-0.3, -0.25) is 15.1 Å². The Balaban J connectivity index is 2.19. The van der Waals surface area contributed by atoms with Crippen LogP contribution in [0.25, 0.3) is 0 Å². The number of nitrogens with two attached hydrogens (primary N) is 1. The number of aromatic hydroxyl groups is 1. The SMILES string of the molecule is NC(=S)Nc1ccc(N=Cc2cc([N+](=O)[O-])ccc2O)cc1. The lowest BCUT2D eigenvalue weighted by Gasteiger charge is -2.03. The fourth-order valence-electron chi connectivity index (χ4n) is 1.68. The molecule has 112 valence electrons. The van der Waals surface area contributed by atoms with E-state index >= 15 is 0 Å². The van der Waals surface area contributed by atoms with Gasteiger partial charge in [-0.25, -0.2) is 0 Å². The highest BCUT2D eigenvalue weighted by molar-refractivity contribution is 7.80. The fourth-order valence-corrected chi connectivity index (χ4v) is 1.79. The normalized spacial score (nSPS) is 10.5. The van der Waals surface area contributed by atoms with E-state index in [-0.39, 0.29) is 22.1 Å². The third-order valence-electron chi connectivity index (χ3n) is 2.71. The average molecular weight is 316 g/mol. The smallest absolute Gasteiger partial charge is 0.270 e. The summed E-state index contributed by atoms with van der Waals surface area (Å²) in [6.45, 7) is 0. The van der Waals surface area contributed by atoms with Crippen molar-refractivity contribution in [3.8, 4) is 5.75 Å². The zero-order valence-electron chi connectivity index (χ0n) is 11.3. The number of rotatable bonds is 4. The van der Waals surface area contributed by atoms with E-state index < -0.39 is 4.92 Å². The molecule has 2 aromatic rings. The predicted molar refractivity (Wildman–Crippen MR) is 88.9 cm³/mol. The number of benzene rings is 2. The maximum absolute atomic E-state index is 10.7. The highest BCUT2D eigenvalue weighted by Gasteiger charge is 2.08. The van der Waals surface area contributed by atoms with E-state index in [2.05, 4.69) is 10.3 Å². The van der Waals surface area contributed by atoms with Gasteiger partial charge in [-0.15, -0.1) is 0 Å². The molecule has 0 bridgehead atoms. The van der Waals surface area contributed by atoms with Crippen LogP contribution in [-0.2, 0) is 0 Å². The topological polar surface area (TPSA) is 114 Å². The summed E-state index contributed by atoms with van der Waals surface area (Å²) in [7, 11) is 0. The van der Waals surface area contributed by atoms with Crippen LogP contribution in [0.4, 0.5) is 17.1 Å². The third-order valence-corrected chi connectivity index (χ3v) is 2.81. The summed E-state index contributed by atoms with van der Waals surface area (Å²) >= 11 is 4.73. The average Bonchev–Trinajstić information content (AvgIpc) is 2.47. The number of thiocarbonyl (C=S) groups is 1. The second-order valence-corrected chi connectivity index (χ2v) is 4.73. The molecule has 0 saturated carbocycles. The molecule has 0 amide bonds. The van der Waals surface area contributed by atoms with Gasteiger partial charge in [0.05, 0.1) is 10.6 Å². The van der Waals surface area contributed by atoms with Crippen molar-refractivity contribution in [2.24, 2.45) is 10.7 Å². The van der Waals surface area contributed by atoms with Gasteiger partial charge in [0.25, 0.3) is 5.69 Å². The Morgan fingerprint density at radius 3 is 2.59 bits per heavy atom. The van der Waals surface area contributed by atoms with Crippen LogP contribution in [0.3, 0.4) is 0 Å². The number of non-ortho nitro benzene ring substituents is 1. The van der Waals surface area contributed by atoms with Gasteiger partial charge >= 0.3 is 0 Å². The summed E-state index contributed by atoms with van der Waals surface area (Å²) in [4.78, 5) is 14.3. The highest BCUT2D eigenvalue weighted by Crippen LogP contribution is 2.22. The molecule has 0 radical (unpaired) electrons. The van der Waals surface area contributed by atoms with Crippen molar-refractivity contribution in [1.29, 1.82) is 0 Å². The number of phenols is 1.